The Morgan fingerprint density at radius 1 is 1.05 bits per heavy atom. The van der Waals surface area contributed by atoms with Crippen LogP contribution in [0, 0.1) is 13.8 Å². The van der Waals surface area contributed by atoms with Crippen LogP contribution in [0.5, 0.6) is 5.75 Å². The number of nitrogens with zero attached hydrogens (tertiary/aromatic N) is 2. The van der Waals surface area contributed by atoms with Crippen molar-refractivity contribution in [1.82, 2.24) is 10.6 Å². The zero-order valence-electron chi connectivity index (χ0n) is 20.5. The van der Waals surface area contributed by atoms with Gasteiger partial charge in [0.2, 0.25) is 0 Å². The Morgan fingerprint density at radius 2 is 1.79 bits per heavy atom. The molecule has 0 saturated heterocycles. The number of aryl methyl sites for hydroxylation is 3. The molecule has 0 aliphatic heterocycles. The largest absolute Gasteiger partial charge is 0.573 e. The molecular formula is C28H23F3N4O2S. The molecule has 1 aliphatic carbocycles. The molecule has 0 unspecified atom stereocenters. The van der Waals surface area contributed by atoms with Crippen molar-refractivity contribution in [2.24, 2.45) is 5.10 Å². The molecule has 0 saturated carbocycles. The Kier molecular flexibility index (Phi) is 6.90. The number of para-hydroxylation sites is 1. The van der Waals surface area contributed by atoms with E-state index in [4.69, 9.17) is 16.7 Å². The van der Waals surface area contributed by atoms with Crippen LogP contribution in [-0.2, 0) is 12.8 Å². The van der Waals surface area contributed by atoms with Crippen LogP contribution in [0.15, 0.2) is 70.3 Å². The molecule has 0 amide bonds. The molecule has 6 nitrogen and oxygen atoms in total. The van der Waals surface area contributed by atoms with Crippen LogP contribution in [0.2, 0.25) is 0 Å². The molecule has 3 aromatic carbocycles. The second-order valence-electron chi connectivity index (χ2n) is 8.92. The van der Waals surface area contributed by atoms with Gasteiger partial charge in [0.15, 0.2) is 10.9 Å². The molecule has 0 spiro atoms. The van der Waals surface area contributed by atoms with Crippen LogP contribution in [0.4, 0.5) is 18.9 Å². The number of aromatic nitrogens is 1. The standard InChI is InChI=1S/C28H23F3N4O2S/c1-16-4-3-5-17(2)24(16)33-27(38)34-32-15-18-6-12-22-20(14-18)9-13-23-25(22)35-37-26(23)19-7-10-21(11-8-19)36-28(29,30)31/h3-8,10-12,14-15H,9,13H2,1-2H3,(H2,33,34,38)/b32-15+. The highest BCUT2D eigenvalue weighted by Crippen LogP contribution is 2.39. The quantitative estimate of drug-likeness (QED) is 0.164. The maximum Gasteiger partial charge on any atom is 0.573 e. The van der Waals surface area contributed by atoms with E-state index in [-0.39, 0.29) is 5.75 Å². The first-order chi connectivity index (χ1) is 18.2. The van der Waals surface area contributed by atoms with E-state index >= 15 is 0 Å². The lowest BCUT2D eigenvalue weighted by molar-refractivity contribution is -0.274. The minimum Gasteiger partial charge on any atom is -0.406 e. The molecule has 0 atom stereocenters. The Hall–Kier alpha value is -4.18. The highest BCUT2D eigenvalue weighted by atomic mass is 32.1. The van der Waals surface area contributed by atoms with E-state index in [0.717, 1.165) is 51.2 Å². The van der Waals surface area contributed by atoms with E-state index in [0.29, 0.717) is 22.9 Å². The van der Waals surface area contributed by atoms with Crippen LogP contribution in [0.25, 0.3) is 22.6 Å². The molecule has 1 aromatic heterocycles. The summed E-state index contributed by atoms with van der Waals surface area (Å²) in [7, 11) is 0. The lowest BCUT2D eigenvalue weighted by atomic mass is 9.87. The zero-order valence-corrected chi connectivity index (χ0v) is 21.3. The highest BCUT2D eigenvalue weighted by molar-refractivity contribution is 7.80. The van der Waals surface area contributed by atoms with Gasteiger partial charge >= 0.3 is 6.36 Å². The summed E-state index contributed by atoms with van der Waals surface area (Å²) >= 11 is 5.37. The van der Waals surface area contributed by atoms with Gasteiger partial charge in [0.05, 0.1) is 6.21 Å². The normalized spacial score (nSPS) is 12.7. The van der Waals surface area contributed by atoms with Crippen LogP contribution < -0.4 is 15.5 Å². The van der Waals surface area contributed by atoms with E-state index in [2.05, 4.69) is 25.7 Å². The maximum atomic E-state index is 12.4. The number of rotatable bonds is 5. The predicted octanol–water partition coefficient (Wildman–Crippen LogP) is 6.94. The summed E-state index contributed by atoms with van der Waals surface area (Å²) in [5, 5.41) is 12.1. The van der Waals surface area contributed by atoms with Crippen molar-refractivity contribution in [3.63, 3.8) is 0 Å². The van der Waals surface area contributed by atoms with Gasteiger partial charge in [0.1, 0.15) is 11.4 Å². The van der Waals surface area contributed by atoms with Crippen molar-refractivity contribution in [2.45, 2.75) is 33.1 Å². The van der Waals surface area contributed by atoms with Gasteiger partial charge in [0.25, 0.3) is 0 Å². The van der Waals surface area contributed by atoms with Gasteiger partial charge in [-0.05, 0) is 91.5 Å². The first-order valence-electron chi connectivity index (χ1n) is 11.8. The summed E-state index contributed by atoms with van der Waals surface area (Å²) in [6.07, 6.45) is -1.59. The fourth-order valence-electron chi connectivity index (χ4n) is 4.50. The smallest absolute Gasteiger partial charge is 0.406 e. The minimum atomic E-state index is -4.74. The molecule has 1 heterocycles. The first kappa shape index (κ1) is 25.5. The molecule has 1 aliphatic rings. The number of thiocarbonyl (C=S) groups is 1. The van der Waals surface area contributed by atoms with Crippen LogP contribution in [0.1, 0.15) is 27.8 Å². The van der Waals surface area contributed by atoms with Crippen molar-refractivity contribution >= 4 is 29.2 Å². The topological polar surface area (TPSA) is 71.7 Å². The molecule has 0 fully saturated rings. The Morgan fingerprint density at radius 3 is 2.50 bits per heavy atom. The van der Waals surface area contributed by atoms with E-state index in [1.165, 1.54) is 24.3 Å². The second kappa shape index (κ2) is 10.3. The summed E-state index contributed by atoms with van der Waals surface area (Å²) < 4.78 is 46.9. The summed E-state index contributed by atoms with van der Waals surface area (Å²) in [4.78, 5) is 0. The van der Waals surface area contributed by atoms with Crippen molar-refractivity contribution in [2.75, 3.05) is 5.32 Å². The fourth-order valence-corrected chi connectivity index (χ4v) is 4.65. The Labute approximate surface area is 222 Å². The van der Waals surface area contributed by atoms with Gasteiger partial charge in [-0.15, -0.1) is 13.2 Å². The van der Waals surface area contributed by atoms with Crippen LogP contribution in [0.3, 0.4) is 0 Å². The van der Waals surface area contributed by atoms with Gasteiger partial charge in [-0.25, -0.2) is 0 Å². The molecule has 0 bridgehead atoms. The van der Waals surface area contributed by atoms with E-state index < -0.39 is 6.36 Å². The van der Waals surface area contributed by atoms with Crippen LogP contribution >= 0.6 is 12.2 Å². The number of benzene rings is 3. The lowest BCUT2D eigenvalue weighted by Crippen LogP contribution is -2.24. The molecule has 0 radical (unpaired) electrons. The van der Waals surface area contributed by atoms with E-state index in [1.807, 2.05) is 50.2 Å². The molecule has 5 rings (SSSR count). The highest BCUT2D eigenvalue weighted by Gasteiger charge is 2.31. The number of anilines is 1. The summed E-state index contributed by atoms with van der Waals surface area (Å²) in [6, 6.07) is 17.6. The second-order valence-corrected chi connectivity index (χ2v) is 9.33. The third kappa shape index (κ3) is 5.55. The minimum absolute atomic E-state index is 0.287. The van der Waals surface area contributed by atoms with Crippen molar-refractivity contribution in [1.29, 1.82) is 0 Å². The molecule has 194 valence electrons. The Balaban J connectivity index is 1.28. The number of fused-ring (bicyclic) bond motifs is 3. The monoisotopic (exact) mass is 536 g/mol. The molecule has 10 heteroatoms. The first-order valence-corrected chi connectivity index (χ1v) is 12.2. The summed E-state index contributed by atoms with van der Waals surface area (Å²) in [5.41, 5.74) is 11.3. The van der Waals surface area contributed by atoms with E-state index in [9.17, 15) is 13.2 Å². The third-order valence-electron chi connectivity index (χ3n) is 6.27. The number of hydrogen-bond acceptors (Lipinski definition) is 5. The molecule has 4 aromatic rings. The molecular weight excluding hydrogens is 513 g/mol. The van der Waals surface area contributed by atoms with Crippen molar-refractivity contribution < 1.29 is 22.4 Å². The van der Waals surface area contributed by atoms with Crippen molar-refractivity contribution in [3.8, 4) is 28.3 Å². The predicted molar refractivity (Wildman–Crippen MR) is 144 cm³/mol. The summed E-state index contributed by atoms with van der Waals surface area (Å²) in [5.74, 6) is 0.259. The zero-order chi connectivity index (χ0) is 26.9. The van der Waals surface area contributed by atoms with Crippen molar-refractivity contribution in [3.05, 3.63) is 88.5 Å². The average molecular weight is 537 g/mol. The van der Waals surface area contributed by atoms with Gasteiger partial charge in [-0.2, -0.15) is 5.10 Å². The van der Waals surface area contributed by atoms with Gasteiger partial charge in [-0.3, -0.25) is 5.43 Å². The molecule has 38 heavy (non-hydrogen) atoms. The third-order valence-corrected chi connectivity index (χ3v) is 6.46. The van der Waals surface area contributed by atoms with Gasteiger partial charge in [0, 0.05) is 22.4 Å². The van der Waals surface area contributed by atoms with E-state index in [1.54, 1.807) is 6.21 Å². The van der Waals surface area contributed by atoms with Gasteiger partial charge in [-0.1, -0.05) is 35.5 Å². The lowest BCUT2D eigenvalue weighted by Gasteiger charge is -2.16. The number of hydrogen-bond donors (Lipinski definition) is 2. The SMILES string of the molecule is Cc1cccc(C)c1NC(=S)N/N=C/c1ccc2c(c1)CCc1c-2noc1-c1ccc(OC(F)(F)F)cc1. The Bertz CT molecular complexity index is 1510. The molecule has 2 N–H and O–H groups in total. The fraction of sp³-hybridized carbons (Fsp3) is 0.179. The number of halogens is 3. The number of alkyl halides is 3. The average Bonchev–Trinajstić information content (AvgIpc) is 3.30. The number of ether oxygens (including phenoxy) is 1. The van der Waals surface area contributed by atoms with Gasteiger partial charge < -0.3 is 14.6 Å². The number of nitrogens with one attached hydrogen (secondary N) is 2. The van der Waals surface area contributed by atoms with Crippen LogP contribution in [-0.4, -0.2) is 22.8 Å². The summed E-state index contributed by atoms with van der Waals surface area (Å²) in [6.45, 7) is 4.03. The number of hydrazone groups is 1. The maximum absolute atomic E-state index is 12.4.